The highest BCUT2D eigenvalue weighted by molar-refractivity contribution is 7.98. The van der Waals surface area contributed by atoms with Gasteiger partial charge in [0.25, 0.3) is 0 Å². The molecule has 3 nitrogen and oxygen atoms in total. The van der Waals surface area contributed by atoms with Gasteiger partial charge in [0, 0.05) is 11.8 Å². The van der Waals surface area contributed by atoms with Gasteiger partial charge in [-0.05, 0) is 24.2 Å². The standard InChI is InChI=1S/C17H26N2OS/c1-5-14(11-21-4)19-16(12(2)3)18-15(17(19)20)13-9-7-6-8-10-13/h6-10,12,14-16,18H,5,11H2,1-4H3. The molecule has 1 amide bonds. The molecule has 1 N–H and O–H groups in total. The lowest BCUT2D eigenvalue weighted by atomic mass is 10.1. The van der Waals surface area contributed by atoms with Gasteiger partial charge in [0.15, 0.2) is 0 Å². The molecule has 1 aromatic carbocycles. The van der Waals surface area contributed by atoms with Gasteiger partial charge in [-0.25, -0.2) is 0 Å². The van der Waals surface area contributed by atoms with Crippen molar-refractivity contribution in [3.8, 4) is 0 Å². The summed E-state index contributed by atoms with van der Waals surface area (Å²) in [4.78, 5) is 15.0. The lowest BCUT2D eigenvalue weighted by Gasteiger charge is -2.34. The van der Waals surface area contributed by atoms with Crippen LogP contribution in [0, 0.1) is 5.92 Å². The van der Waals surface area contributed by atoms with Gasteiger partial charge >= 0.3 is 0 Å². The third-order valence-electron chi connectivity index (χ3n) is 4.13. The Hall–Kier alpha value is -1.00. The Morgan fingerprint density at radius 3 is 2.48 bits per heavy atom. The Balaban J connectivity index is 2.28. The summed E-state index contributed by atoms with van der Waals surface area (Å²) in [6, 6.07) is 10.2. The molecule has 1 aliphatic heterocycles. The van der Waals surface area contributed by atoms with E-state index >= 15 is 0 Å². The van der Waals surface area contributed by atoms with Crippen LogP contribution < -0.4 is 5.32 Å². The monoisotopic (exact) mass is 306 g/mol. The van der Waals surface area contributed by atoms with Gasteiger partial charge in [-0.15, -0.1) is 0 Å². The van der Waals surface area contributed by atoms with Crippen LogP contribution in [0.5, 0.6) is 0 Å². The van der Waals surface area contributed by atoms with Crippen molar-refractivity contribution in [1.29, 1.82) is 0 Å². The van der Waals surface area contributed by atoms with Crippen molar-refractivity contribution in [1.82, 2.24) is 10.2 Å². The number of hydrogen-bond acceptors (Lipinski definition) is 3. The highest BCUT2D eigenvalue weighted by atomic mass is 32.2. The molecule has 3 unspecified atom stereocenters. The molecule has 1 saturated heterocycles. The largest absolute Gasteiger partial charge is 0.321 e. The molecule has 0 radical (unpaired) electrons. The van der Waals surface area contributed by atoms with Gasteiger partial charge in [0.05, 0.1) is 6.17 Å². The first-order valence-electron chi connectivity index (χ1n) is 7.72. The molecule has 4 heteroatoms. The highest BCUT2D eigenvalue weighted by Crippen LogP contribution is 2.30. The molecule has 0 saturated carbocycles. The summed E-state index contributed by atoms with van der Waals surface area (Å²) >= 11 is 1.81. The Kier molecular flexibility index (Phi) is 5.71. The normalized spacial score (nSPS) is 23.9. The van der Waals surface area contributed by atoms with E-state index < -0.39 is 0 Å². The second-order valence-corrected chi connectivity index (χ2v) is 6.87. The van der Waals surface area contributed by atoms with Gasteiger partial charge in [-0.2, -0.15) is 11.8 Å². The van der Waals surface area contributed by atoms with Crippen molar-refractivity contribution >= 4 is 17.7 Å². The zero-order valence-electron chi connectivity index (χ0n) is 13.4. The van der Waals surface area contributed by atoms with Crippen molar-refractivity contribution in [3.05, 3.63) is 35.9 Å². The molecule has 3 atom stereocenters. The number of carbonyl (C=O) groups is 1. The fourth-order valence-electron chi connectivity index (χ4n) is 3.00. The summed E-state index contributed by atoms with van der Waals surface area (Å²) in [5.41, 5.74) is 1.06. The topological polar surface area (TPSA) is 32.3 Å². The number of rotatable bonds is 6. The average Bonchev–Trinajstić information content (AvgIpc) is 2.83. The van der Waals surface area contributed by atoms with Gasteiger partial charge in [-0.1, -0.05) is 51.1 Å². The van der Waals surface area contributed by atoms with Crippen LogP contribution in [0.15, 0.2) is 30.3 Å². The molecule has 21 heavy (non-hydrogen) atoms. The molecule has 1 fully saturated rings. The third-order valence-corrected chi connectivity index (χ3v) is 4.84. The Bertz CT molecular complexity index is 463. The summed E-state index contributed by atoms with van der Waals surface area (Å²) in [7, 11) is 0. The number of thioether (sulfide) groups is 1. The first kappa shape index (κ1) is 16.4. The molecular formula is C17H26N2OS. The Labute approximate surface area is 132 Å². The number of nitrogens with zero attached hydrogens (tertiary/aromatic N) is 1. The lowest BCUT2D eigenvalue weighted by Crippen LogP contribution is -2.48. The van der Waals surface area contributed by atoms with Crippen molar-refractivity contribution in [3.63, 3.8) is 0 Å². The molecule has 0 spiro atoms. The molecule has 0 aromatic heterocycles. The number of hydrogen-bond donors (Lipinski definition) is 1. The smallest absolute Gasteiger partial charge is 0.245 e. The van der Waals surface area contributed by atoms with Crippen molar-refractivity contribution < 1.29 is 4.79 Å². The third kappa shape index (κ3) is 3.43. The molecular weight excluding hydrogens is 280 g/mol. The SMILES string of the molecule is CCC(CSC)N1C(=O)C(c2ccccc2)NC1C(C)C. The molecule has 0 aliphatic carbocycles. The highest BCUT2D eigenvalue weighted by Gasteiger charge is 2.43. The van der Waals surface area contributed by atoms with E-state index in [2.05, 4.69) is 37.2 Å². The van der Waals surface area contributed by atoms with E-state index in [1.54, 1.807) is 0 Å². The lowest BCUT2D eigenvalue weighted by molar-refractivity contribution is -0.132. The van der Waals surface area contributed by atoms with Crippen LogP contribution in [0.3, 0.4) is 0 Å². The summed E-state index contributed by atoms with van der Waals surface area (Å²) in [5.74, 6) is 1.62. The molecule has 116 valence electrons. The molecule has 1 aliphatic rings. The number of amides is 1. The number of nitrogens with one attached hydrogen (secondary N) is 1. The minimum Gasteiger partial charge on any atom is -0.321 e. The Morgan fingerprint density at radius 2 is 1.95 bits per heavy atom. The van der Waals surface area contributed by atoms with Crippen molar-refractivity contribution in [2.75, 3.05) is 12.0 Å². The Morgan fingerprint density at radius 1 is 1.29 bits per heavy atom. The van der Waals surface area contributed by atoms with Gasteiger partial charge in [0.2, 0.25) is 5.91 Å². The summed E-state index contributed by atoms with van der Waals surface area (Å²) < 4.78 is 0. The molecule has 1 heterocycles. The van der Waals surface area contributed by atoms with Gasteiger partial charge in [-0.3, -0.25) is 10.1 Å². The minimum absolute atomic E-state index is 0.125. The van der Waals surface area contributed by atoms with E-state index in [0.29, 0.717) is 12.0 Å². The quantitative estimate of drug-likeness (QED) is 0.875. The molecule has 1 aromatic rings. The van der Waals surface area contributed by atoms with Crippen LogP contribution in [0.2, 0.25) is 0 Å². The predicted molar refractivity (Wildman–Crippen MR) is 90.3 cm³/mol. The molecule has 2 rings (SSSR count). The van der Waals surface area contributed by atoms with E-state index in [-0.39, 0.29) is 18.1 Å². The van der Waals surface area contributed by atoms with Crippen molar-refractivity contribution in [2.24, 2.45) is 5.92 Å². The van der Waals surface area contributed by atoms with Crippen LogP contribution in [-0.4, -0.2) is 35.0 Å². The summed E-state index contributed by atoms with van der Waals surface area (Å²) in [6.07, 6.45) is 3.23. The zero-order valence-corrected chi connectivity index (χ0v) is 14.2. The van der Waals surface area contributed by atoms with E-state index in [0.717, 1.165) is 17.7 Å². The predicted octanol–water partition coefficient (Wildman–Crippen LogP) is 3.28. The van der Waals surface area contributed by atoms with Crippen molar-refractivity contribution in [2.45, 2.75) is 45.4 Å². The van der Waals surface area contributed by atoms with Gasteiger partial charge in [0.1, 0.15) is 6.04 Å². The summed E-state index contributed by atoms with van der Waals surface area (Å²) in [5, 5.41) is 3.55. The zero-order chi connectivity index (χ0) is 15.4. The fourth-order valence-corrected chi connectivity index (χ4v) is 3.78. The summed E-state index contributed by atoms with van der Waals surface area (Å²) in [6.45, 7) is 6.52. The second kappa shape index (κ2) is 7.32. The average molecular weight is 306 g/mol. The number of carbonyl (C=O) groups excluding carboxylic acids is 1. The second-order valence-electron chi connectivity index (χ2n) is 5.96. The van der Waals surface area contributed by atoms with Gasteiger partial charge < -0.3 is 4.90 Å². The molecule has 0 bridgehead atoms. The van der Waals surface area contributed by atoms with Crippen LogP contribution >= 0.6 is 11.8 Å². The van der Waals surface area contributed by atoms with E-state index in [1.807, 2.05) is 42.1 Å². The van der Waals surface area contributed by atoms with Crippen LogP contribution in [-0.2, 0) is 4.79 Å². The van der Waals surface area contributed by atoms with Crippen LogP contribution in [0.1, 0.15) is 38.8 Å². The van der Waals surface area contributed by atoms with Crippen LogP contribution in [0.4, 0.5) is 0 Å². The maximum absolute atomic E-state index is 13.0. The first-order chi connectivity index (χ1) is 10.1. The van der Waals surface area contributed by atoms with E-state index in [4.69, 9.17) is 0 Å². The van der Waals surface area contributed by atoms with E-state index in [9.17, 15) is 4.79 Å². The minimum atomic E-state index is -0.200. The first-order valence-corrected chi connectivity index (χ1v) is 9.11. The number of benzene rings is 1. The maximum atomic E-state index is 13.0. The fraction of sp³-hybridized carbons (Fsp3) is 0.588. The van der Waals surface area contributed by atoms with E-state index in [1.165, 1.54) is 0 Å². The van der Waals surface area contributed by atoms with Crippen LogP contribution in [0.25, 0.3) is 0 Å². The maximum Gasteiger partial charge on any atom is 0.245 e.